The van der Waals surface area contributed by atoms with E-state index in [9.17, 15) is 9.59 Å². The Balaban J connectivity index is 1.64. The minimum Gasteiger partial charge on any atom is -0.480 e. The van der Waals surface area contributed by atoms with Crippen LogP contribution in [-0.2, 0) is 6.54 Å². The predicted octanol–water partition coefficient (Wildman–Crippen LogP) is 2.76. The largest absolute Gasteiger partial charge is 0.480 e. The van der Waals surface area contributed by atoms with Crippen LogP contribution in [0.5, 0.6) is 5.88 Å². The number of aromatic nitrogens is 5. The van der Waals surface area contributed by atoms with Crippen molar-refractivity contribution in [1.82, 2.24) is 24.4 Å². The highest BCUT2D eigenvalue weighted by Crippen LogP contribution is 2.23. The Labute approximate surface area is 176 Å². The molecule has 5 rings (SSSR count). The number of fused-ring (bicyclic) bond motifs is 2. The van der Waals surface area contributed by atoms with Crippen molar-refractivity contribution >= 4 is 16.4 Å². The Morgan fingerprint density at radius 1 is 1.03 bits per heavy atom. The lowest BCUT2D eigenvalue weighted by Crippen LogP contribution is -2.26. The van der Waals surface area contributed by atoms with E-state index in [4.69, 9.17) is 4.74 Å². The molecule has 8 heteroatoms. The zero-order valence-corrected chi connectivity index (χ0v) is 17.0. The number of methoxy groups -OCH3 is 1. The van der Waals surface area contributed by atoms with Crippen molar-refractivity contribution in [2.75, 3.05) is 7.11 Å². The van der Waals surface area contributed by atoms with Gasteiger partial charge in [-0.15, -0.1) is 5.10 Å². The second-order valence-electron chi connectivity index (χ2n) is 7.32. The maximum absolute atomic E-state index is 12.9. The van der Waals surface area contributed by atoms with Gasteiger partial charge in [0.15, 0.2) is 5.65 Å². The molecule has 0 aliphatic carbocycles. The van der Waals surface area contributed by atoms with Gasteiger partial charge in [0.1, 0.15) is 0 Å². The molecular weight excluding hydrogens is 394 g/mol. The quantitative estimate of drug-likeness (QED) is 0.489. The number of hydrogen-bond donors (Lipinski definition) is 1. The molecule has 0 radical (unpaired) electrons. The molecule has 0 aliphatic heterocycles. The standard InChI is InChI=1S/C23H19N5O3/c1-14-7-9-15(10-8-14)19-12-24-28-20(29)11-16(25-21(19)28)13-27-23(30)18-6-4-3-5-17(18)22(26-27)31-2/h3-12,24H,13H2,1-2H3. The van der Waals surface area contributed by atoms with Gasteiger partial charge >= 0.3 is 0 Å². The van der Waals surface area contributed by atoms with E-state index in [0.29, 0.717) is 28.0 Å². The van der Waals surface area contributed by atoms with Gasteiger partial charge in [-0.2, -0.15) is 0 Å². The number of rotatable bonds is 4. The third-order valence-corrected chi connectivity index (χ3v) is 5.25. The first kappa shape index (κ1) is 18.8. The molecule has 3 heterocycles. The van der Waals surface area contributed by atoms with Crippen LogP contribution < -0.4 is 15.9 Å². The van der Waals surface area contributed by atoms with Crippen LogP contribution in [-0.4, -0.2) is 31.5 Å². The highest BCUT2D eigenvalue weighted by molar-refractivity contribution is 5.85. The van der Waals surface area contributed by atoms with Crippen LogP contribution in [0.1, 0.15) is 11.3 Å². The van der Waals surface area contributed by atoms with Gasteiger partial charge < -0.3 is 4.74 Å². The van der Waals surface area contributed by atoms with Crippen molar-refractivity contribution in [2.24, 2.45) is 0 Å². The predicted molar refractivity (Wildman–Crippen MR) is 118 cm³/mol. The average Bonchev–Trinajstić information content (AvgIpc) is 3.21. The number of nitrogens with zero attached hydrogens (tertiary/aromatic N) is 4. The molecule has 0 fully saturated rings. The van der Waals surface area contributed by atoms with Crippen LogP contribution in [0.15, 0.2) is 70.4 Å². The van der Waals surface area contributed by atoms with Crippen molar-refractivity contribution in [3.8, 4) is 17.0 Å². The lowest BCUT2D eigenvalue weighted by atomic mass is 10.1. The minimum absolute atomic E-state index is 0.0459. The molecule has 154 valence electrons. The molecule has 8 nitrogen and oxygen atoms in total. The van der Waals surface area contributed by atoms with E-state index in [0.717, 1.165) is 16.7 Å². The van der Waals surface area contributed by atoms with E-state index in [1.807, 2.05) is 37.3 Å². The number of nitrogens with one attached hydrogen (secondary N) is 1. The van der Waals surface area contributed by atoms with E-state index < -0.39 is 0 Å². The smallest absolute Gasteiger partial charge is 0.275 e. The van der Waals surface area contributed by atoms with Gasteiger partial charge in [-0.1, -0.05) is 42.0 Å². The number of aromatic amines is 1. The van der Waals surface area contributed by atoms with Crippen LogP contribution >= 0.6 is 0 Å². The lowest BCUT2D eigenvalue weighted by Gasteiger charge is -2.10. The number of H-pyrrole nitrogens is 1. The minimum atomic E-state index is -0.272. The van der Waals surface area contributed by atoms with Gasteiger partial charge in [0, 0.05) is 17.8 Å². The van der Waals surface area contributed by atoms with Gasteiger partial charge in [0.25, 0.3) is 11.1 Å². The van der Waals surface area contributed by atoms with Gasteiger partial charge in [-0.25, -0.2) is 14.2 Å². The molecule has 0 bridgehead atoms. The second kappa shape index (κ2) is 7.24. The van der Waals surface area contributed by atoms with Gasteiger partial charge in [-0.05, 0) is 24.6 Å². The fourth-order valence-corrected chi connectivity index (χ4v) is 3.67. The third-order valence-electron chi connectivity index (χ3n) is 5.25. The Morgan fingerprint density at radius 3 is 2.52 bits per heavy atom. The fourth-order valence-electron chi connectivity index (χ4n) is 3.67. The summed E-state index contributed by atoms with van der Waals surface area (Å²) in [4.78, 5) is 30.3. The SMILES string of the molecule is COc1nn(Cc2cc(=O)n3[nH]cc(-c4ccc(C)cc4)c3n2)c(=O)c2ccccc12. The first-order valence-corrected chi connectivity index (χ1v) is 9.76. The van der Waals surface area contributed by atoms with Gasteiger partial charge in [0.05, 0.1) is 30.1 Å². The molecular formula is C23H19N5O3. The van der Waals surface area contributed by atoms with Crippen molar-refractivity contribution in [1.29, 1.82) is 0 Å². The Bertz CT molecular complexity index is 1540. The van der Waals surface area contributed by atoms with Gasteiger partial charge in [0.2, 0.25) is 5.88 Å². The van der Waals surface area contributed by atoms with Crippen molar-refractivity contribution in [3.05, 3.63) is 92.8 Å². The summed E-state index contributed by atoms with van der Waals surface area (Å²) in [6.45, 7) is 2.06. The molecule has 3 aromatic heterocycles. The number of hydrogen-bond acceptors (Lipinski definition) is 5. The molecule has 0 spiro atoms. The molecule has 5 aromatic rings. The summed E-state index contributed by atoms with van der Waals surface area (Å²) >= 11 is 0. The molecule has 31 heavy (non-hydrogen) atoms. The van der Waals surface area contributed by atoms with E-state index in [1.165, 1.54) is 22.4 Å². The number of ether oxygens (including phenoxy) is 1. The molecule has 0 saturated carbocycles. The monoisotopic (exact) mass is 413 g/mol. The molecule has 0 saturated heterocycles. The number of aryl methyl sites for hydroxylation is 1. The summed E-state index contributed by atoms with van der Waals surface area (Å²) in [6, 6.07) is 16.5. The lowest BCUT2D eigenvalue weighted by molar-refractivity contribution is 0.385. The Kier molecular flexibility index (Phi) is 4.39. The maximum Gasteiger partial charge on any atom is 0.275 e. The van der Waals surface area contributed by atoms with Crippen LogP contribution in [0, 0.1) is 6.92 Å². The van der Waals surface area contributed by atoms with Crippen LogP contribution in [0.25, 0.3) is 27.5 Å². The zero-order valence-electron chi connectivity index (χ0n) is 17.0. The highest BCUT2D eigenvalue weighted by Gasteiger charge is 2.14. The fraction of sp³-hybridized carbons (Fsp3) is 0.130. The van der Waals surface area contributed by atoms with Crippen molar-refractivity contribution < 1.29 is 4.74 Å². The van der Waals surface area contributed by atoms with E-state index in [1.54, 1.807) is 24.4 Å². The summed E-state index contributed by atoms with van der Waals surface area (Å²) < 4.78 is 8.03. The summed E-state index contributed by atoms with van der Waals surface area (Å²) in [5.41, 5.74) is 3.28. The zero-order chi connectivity index (χ0) is 21.5. The molecule has 0 unspecified atom stereocenters. The van der Waals surface area contributed by atoms with Crippen LogP contribution in [0.4, 0.5) is 0 Å². The first-order chi connectivity index (χ1) is 15.0. The summed E-state index contributed by atoms with van der Waals surface area (Å²) in [6.07, 6.45) is 1.75. The van der Waals surface area contributed by atoms with E-state index >= 15 is 0 Å². The van der Waals surface area contributed by atoms with Crippen LogP contribution in [0.3, 0.4) is 0 Å². The molecule has 1 N–H and O–H groups in total. The van der Waals surface area contributed by atoms with E-state index in [2.05, 4.69) is 15.2 Å². The van der Waals surface area contributed by atoms with Gasteiger partial charge in [-0.3, -0.25) is 14.7 Å². The Hall–Kier alpha value is -4.20. The highest BCUT2D eigenvalue weighted by atomic mass is 16.5. The summed E-state index contributed by atoms with van der Waals surface area (Å²) in [5.74, 6) is 0.343. The molecule has 0 amide bonds. The van der Waals surface area contributed by atoms with Crippen molar-refractivity contribution in [3.63, 3.8) is 0 Å². The summed E-state index contributed by atoms with van der Waals surface area (Å²) in [7, 11) is 1.51. The van der Waals surface area contributed by atoms with Crippen molar-refractivity contribution in [2.45, 2.75) is 13.5 Å². The molecule has 0 atom stereocenters. The average molecular weight is 413 g/mol. The number of benzene rings is 2. The first-order valence-electron chi connectivity index (χ1n) is 9.76. The topological polar surface area (TPSA) is 94.3 Å². The normalized spacial score (nSPS) is 11.3. The maximum atomic E-state index is 12.9. The molecule has 0 aliphatic rings. The summed E-state index contributed by atoms with van der Waals surface area (Å²) in [5, 5.41) is 8.41. The third kappa shape index (κ3) is 3.18. The molecule has 2 aromatic carbocycles. The van der Waals surface area contributed by atoms with E-state index in [-0.39, 0.29) is 17.7 Å². The van der Waals surface area contributed by atoms with Crippen LogP contribution in [0.2, 0.25) is 0 Å². The second-order valence-corrected chi connectivity index (χ2v) is 7.32. The Morgan fingerprint density at radius 2 is 1.77 bits per heavy atom.